The molecule has 14 heteroatoms. The molecule has 2 N–H and O–H groups in total. The first-order valence-corrected chi connectivity index (χ1v) is 20.8. The van der Waals surface area contributed by atoms with Crippen LogP contribution in [0.5, 0.6) is 0 Å². The van der Waals surface area contributed by atoms with Crippen molar-refractivity contribution in [2.75, 3.05) is 172 Å². The van der Waals surface area contributed by atoms with E-state index < -0.39 is 5.60 Å². The molecule has 0 spiro atoms. The average molecular weight is 832 g/mol. The van der Waals surface area contributed by atoms with Crippen molar-refractivity contribution in [1.82, 2.24) is 0 Å². The molecule has 332 valence electrons. The van der Waals surface area contributed by atoms with E-state index in [0.717, 1.165) is 16.7 Å². The Hall–Kier alpha value is -2.90. The van der Waals surface area contributed by atoms with Crippen molar-refractivity contribution in [2.24, 2.45) is 5.73 Å². The molecule has 0 radical (unpaired) electrons. The molecule has 0 aliphatic carbocycles. The maximum absolute atomic E-state index is 6.73. The average Bonchev–Trinajstić information content (AvgIpc) is 3.28. The van der Waals surface area contributed by atoms with Crippen LogP contribution in [0.4, 0.5) is 0 Å². The second-order valence-electron chi connectivity index (χ2n) is 12.8. The van der Waals surface area contributed by atoms with Gasteiger partial charge in [0.15, 0.2) is 0 Å². The van der Waals surface area contributed by atoms with Crippen LogP contribution < -0.4 is 5.73 Å². The molecule has 3 aromatic rings. The molecule has 0 atom stereocenters. The van der Waals surface area contributed by atoms with E-state index in [2.05, 4.69) is 36.4 Å². The zero-order valence-corrected chi connectivity index (χ0v) is 34.9. The third kappa shape index (κ3) is 24.2. The molecule has 0 aliphatic rings. The van der Waals surface area contributed by atoms with Crippen molar-refractivity contribution < 1.29 is 61.6 Å². The number of ether oxygens (including phenoxy) is 13. The monoisotopic (exact) mass is 831 g/mol. The second kappa shape index (κ2) is 36.9. The predicted molar refractivity (Wildman–Crippen MR) is 224 cm³/mol. The van der Waals surface area contributed by atoms with Crippen LogP contribution in [0.3, 0.4) is 0 Å². The molecule has 0 saturated carbocycles. The minimum absolute atomic E-state index is 0.413. The number of hydrogen-bond donors (Lipinski definition) is 1. The van der Waals surface area contributed by atoms with Crippen molar-refractivity contribution in [1.29, 1.82) is 0 Å². The summed E-state index contributed by atoms with van der Waals surface area (Å²) in [6.07, 6.45) is 0. The van der Waals surface area contributed by atoms with Crippen LogP contribution >= 0.6 is 0 Å². The molecule has 0 fully saturated rings. The Morgan fingerprint density at radius 1 is 0.254 bits per heavy atom. The highest BCUT2D eigenvalue weighted by molar-refractivity contribution is 5.47. The number of benzene rings is 3. The van der Waals surface area contributed by atoms with Gasteiger partial charge in [0, 0.05) is 6.54 Å². The summed E-state index contributed by atoms with van der Waals surface area (Å²) < 4.78 is 73.0. The zero-order valence-electron chi connectivity index (χ0n) is 34.9. The minimum atomic E-state index is -0.754. The molecule has 0 bridgehead atoms. The maximum atomic E-state index is 6.73. The van der Waals surface area contributed by atoms with Crippen molar-refractivity contribution in [2.45, 2.75) is 5.60 Å². The van der Waals surface area contributed by atoms with Gasteiger partial charge in [0.05, 0.1) is 165 Å². The fourth-order valence-electron chi connectivity index (χ4n) is 5.63. The van der Waals surface area contributed by atoms with E-state index in [9.17, 15) is 0 Å². The summed E-state index contributed by atoms with van der Waals surface area (Å²) >= 11 is 0. The molecule has 0 saturated heterocycles. The van der Waals surface area contributed by atoms with Crippen molar-refractivity contribution in [3.8, 4) is 0 Å². The van der Waals surface area contributed by atoms with E-state index in [1.54, 1.807) is 0 Å². The predicted octanol–water partition coefficient (Wildman–Crippen LogP) is 4.15. The lowest BCUT2D eigenvalue weighted by molar-refractivity contribution is -0.0399. The smallest absolute Gasteiger partial charge is 0.143 e. The fourth-order valence-corrected chi connectivity index (χ4v) is 5.63. The number of rotatable bonds is 42. The van der Waals surface area contributed by atoms with Crippen LogP contribution in [-0.2, 0) is 67.2 Å². The Labute approximate surface area is 351 Å². The summed E-state index contributed by atoms with van der Waals surface area (Å²) in [5, 5.41) is 0. The summed E-state index contributed by atoms with van der Waals surface area (Å²) in [6, 6.07) is 31.0. The molecule has 0 aromatic heterocycles. The number of hydrogen-bond acceptors (Lipinski definition) is 14. The molecule has 0 unspecified atom stereocenters. The molecular formula is C45H69NO13. The first-order chi connectivity index (χ1) is 29.4. The van der Waals surface area contributed by atoms with Gasteiger partial charge in [0.1, 0.15) is 5.60 Å². The molecular weight excluding hydrogens is 762 g/mol. The summed E-state index contributed by atoms with van der Waals surface area (Å²) in [5.41, 5.74) is 7.79. The number of nitrogens with two attached hydrogens (primary N) is 1. The topological polar surface area (TPSA) is 146 Å². The van der Waals surface area contributed by atoms with Crippen LogP contribution in [0.15, 0.2) is 91.0 Å². The van der Waals surface area contributed by atoms with Gasteiger partial charge in [-0.25, -0.2) is 0 Å². The Bertz CT molecular complexity index is 1220. The van der Waals surface area contributed by atoms with Gasteiger partial charge in [0.25, 0.3) is 0 Å². The molecule has 0 amide bonds. The van der Waals surface area contributed by atoms with Crippen LogP contribution in [-0.4, -0.2) is 172 Å². The summed E-state index contributed by atoms with van der Waals surface area (Å²) in [4.78, 5) is 0. The SMILES string of the molecule is NCCOCCOCCOCCOCCOCCOCCOCCOCCOCCOCCOCCOCCOC(c1ccccc1)(c1ccccc1)c1ccccc1. The van der Waals surface area contributed by atoms with Gasteiger partial charge in [-0.05, 0) is 16.7 Å². The zero-order chi connectivity index (χ0) is 41.4. The van der Waals surface area contributed by atoms with Crippen LogP contribution in [0.1, 0.15) is 16.7 Å². The van der Waals surface area contributed by atoms with Gasteiger partial charge in [-0.2, -0.15) is 0 Å². The van der Waals surface area contributed by atoms with Gasteiger partial charge < -0.3 is 67.3 Å². The van der Waals surface area contributed by atoms with Crippen LogP contribution in [0, 0.1) is 0 Å². The quantitative estimate of drug-likeness (QED) is 0.0645. The van der Waals surface area contributed by atoms with Gasteiger partial charge in [-0.3, -0.25) is 0 Å². The van der Waals surface area contributed by atoms with E-state index in [0.29, 0.717) is 172 Å². The summed E-state index contributed by atoms with van der Waals surface area (Å²) in [6.45, 7) is 13.0. The summed E-state index contributed by atoms with van der Waals surface area (Å²) in [5.74, 6) is 0. The van der Waals surface area contributed by atoms with Crippen LogP contribution in [0.25, 0.3) is 0 Å². The van der Waals surface area contributed by atoms with Crippen molar-refractivity contribution in [3.05, 3.63) is 108 Å². The standard InChI is InChI=1S/C45H69NO13/c46-16-17-47-18-19-48-20-21-49-22-23-50-24-25-51-26-27-52-28-29-53-30-31-54-32-33-55-34-35-56-36-37-57-38-39-58-40-41-59-45(42-10-4-1-5-11-42,43-12-6-2-7-13-43)44-14-8-3-9-15-44/h1-15H,16-41,46H2. The highest BCUT2D eigenvalue weighted by Gasteiger charge is 2.37. The third-order valence-corrected chi connectivity index (χ3v) is 8.44. The van der Waals surface area contributed by atoms with Gasteiger partial charge in [-0.15, -0.1) is 0 Å². The highest BCUT2D eigenvalue weighted by atomic mass is 16.6. The van der Waals surface area contributed by atoms with E-state index >= 15 is 0 Å². The van der Waals surface area contributed by atoms with E-state index in [-0.39, 0.29) is 0 Å². The van der Waals surface area contributed by atoms with E-state index in [1.165, 1.54) is 0 Å². The summed E-state index contributed by atoms with van der Waals surface area (Å²) in [7, 11) is 0. The van der Waals surface area contributed by atoms with Gasteiger partial charge in [-0.1, -0.05) is 91.0 Å². The Morgan fingerprint density at radius 2 is 0.441 bits per heavy atom. The molecule has 0 heterocycles. The Morgan fingerprint density at radius 3 is 0.644 bits per heavy atom. The Kier molecular flexibility index (Phi) is 31.6. The maximum Gasteiger partial charge on any atom is 0.143 e. The lowest BCUT2D eigenvalue weighted by Gasteiger charge is -2.36. The lowest BCUT2D eigenvalue weighted by atomic mass is 9.80. The molecule has 0 aliphatic heterocycles. The van der Waals surface area contributed by atoms with Gasteiger partial charge >= 0.3 is 0 Å². The van der Waals surface area contributed by atoms with Crippen LogP contribution in [0.2, 0.25) is 0 Å². The molecule has 59 heavy (non-hydrogen) atoms. The second-order valence-corrected chi connectivity index (χ2v) is 12.8. The molecule has 14 nitrogen and oxygen atoms in total. The minimum Gasteiger partial charge on any atom is -0.378 e. The molecule has 3 rings (SSSR count). The third-order valence-electron chi connectivity index (χ3n) is 8.44. The van der Waals surface area contributed by atoms with E-state index in [1.807, 2.05) is 54.6 Å². The first kappa shape index (κ1) is 50.5. The highest BCUT2D eigenvalue weighted by Crippen LogP contribution is 2.40. The lowest BCUT2D eigenvalue weighted by Crippen LogP contribution is -2.34. The van der Waals surface area contributed by atoms with Crippen molar-refractivity contribution in [3.63, 3.8) is 0 Å². The Balaban J connectivity index is 1.02. The molecule has 3 aromatic carbocycles. The van der Waals surface area contributed by atoms with Crippen molar-refractivity contribution >= 4 is 0 Å². The van der Waals surface area contributed by atoms with Gasteiger partial charge in [0.2, 0.25) is 0 Å². The normalized spacial score (nSPS) is 11.7. The first-order valence-electron chi connectivity index (χ1n) is 20.8. The van der Waals surface area contributed by atoms with E-state index in [4.69, 9.17) is 67.3 Å². The fraction of sp³-hybridized carbons (Fsp3) is 0.600. The largest absolute Gasteiger partial charge is 0.378 e.